The predicted octanol–water partition coefficient (Wildman–Crippen LogP) is 1.24. The molecule has 0 fully saturated rings. The fraction of sp³-hybridized carbons (Fsp3) is 0.360. The second kappa shape index (κ2) is 18.3. The van der Waals surface area contributed by atoms with Crippen molar-refractivity contribution in [3.8, 4) is 0 Å². The summed E-state index contributed by atoms with van der Waals surface area (Å²) in [4.78, 5) is 42.4. The zero-order valence-corrected chi connectivity index (χ0v) is 20.9. The van der Waals surface area contributed by atoms with Crippen molar-refractivity contribution in [2.24, 2.45) is 11.5 Å². The van der Waals surface area contributed by atoms with Gasteiger partial charge in [-0.05, 0) is 31.9 Å². The van der Waals surface area contributed by atoms with Gasteiger partial charge in [-0.25, -0.2) is 4.79 Å². The quantitative estimate of drug-likeness (QED) is 0.258. The van der Waals surface area contributed by atoms with Crippen molar-refractivity contribution >= 4 is 24.0 Å². The van der Waals surface area contributed by atoms with Crippen molar-refractivity contribution in [2.45, 2.75) is 58.2 Å². The number of ether oxygens (including phenoxy) is 2. The normalized spacial score (nSPS) is 13.0. The van der Waals surface area contributed by atoms with Crippen LogP contribution in [-0.4, -0.2) is 63.6 Å². The number of carbonyl (C=O) groups excluding carboxylic acids is 2. The molecule has 1 amide bonds. The highest BCUT2D eigenvalue weighted by Crippen LogP contribution is 2.01. The van der Waals surface area contributed by atoms with E-state index in [9.17, 15) is 19.2 Å². The SMILES string of the molecule is C[C@@H](O)[C@H](N)C(=O)O.C[C@H](N)C(=O)OCc1ccccc1.C[C@H](NC(=O)OCc1ccccc1)C(=O)O. The van der Waals surface area contributed by atoms with Crippen LogP contribution < -0.4 is 16.8 Å². The first-order valence-electron chi connectivity index (χ1n) is 11.2. The molecule has 0 bridgehead atoms. The maximum Gasteiger partial charge on any atom is 0.408 e. The molecule has 0 spiro atoms. The third-order valence-corrected chi connectivity index (χ3v) is 4.32. The Balaban J connectivity index is 0.000000556. The maximum absolute atomic E-state index is 11.1. The lowest BCUT2D eigenvalue weighted by Gasteiger charge is -2.09. The molecule has 0 aromatic heterocycles. The van der Waals surface area contributed by atoms with E-state index in [1.54, 1.807) is 6.92 Å². The standard InChI is InChI=1S/C11H13NO4.C10H13NO2.C4H9NO3/c1-8(10(13)14)12-11(15)16-7-9-5-3-2-4-6-9;1-8(11)10(12)13-7-9-5-3-2-4-6-9;1-2(6)3(5)4(7)8/h2-6,8H,7H2,1H3,(H,12,15)(H,13,14);2-6,8H,7,11H2,1H3;2-3,6H,5H2,1H3,(H,7,8)/t2*8-;2-,3+/m001/s1. The number of hydrogen-bond donors (Lipinski definition) is 6. The number of carbonyl (C=O) groups is 4. The summed E-state index contributed by atoms with van der Waals surface area (Å²) in [5.74, 6) is -2.65. The molecule has 12 heteroatoms. The topological polar surface area (TPSA) is 211 Å². The predicted molar refractivity (Wildman–Crippen MR) is 134 cm³/mol. The molecule has 4 atom stereocenters. The second-order valence-electron chi connectivity index (χ2n) is 7.75. The Hall–Kier alpha value is -4.00. The van der Waals surface area contributed by atoms with Gasteiger partial charge in [0.25, 0.3) is 0 Å². The van der Waals surface area contributed by atoms with Gasteiger partial charge in [-0.1, -0.05) is 60.7 Å². The van der Waals surface area contributed by atoms with Crippen LogP contribution in [0.1, 0.15) is 31.9 Å². The zero-order valence-electron chi connectivity index (χ0n) is 20.9. The first-order chi connectivity index (χ1) is 17.3. The number of hydrogen-bond acceptors (Lipinski definition) is 9. The van der Waals surface area contributed by atoms with Crippen LogP contribution >= 0.6 is 0 Å². The lowest BCUT2D eigenvalue weighted by atomic mass is 10.2. The van der Waals surface area contributed by atoms with Crippen molar-refractivity contribution in [3.63, 3.8) is 0 Å². The van der Waals surface area contributed by atoms with Gasteiger partial charge in [0.1, 0.15) is 31.3 Å². The zero-order chi connectivity index (χ0) is 28.4. The van der Waals surface area contributed by atoms with Gasteiger partial charge in [-0.2, -0.15) is 0 Å². The average molecular weight is 522 g/mol. The van der Waals surface area contributed by atoms with E-state index in [1.165, 1.54) is 13.8 Å². The van der Waals surface area contributed by atoms with Gasteiger partial charge in [0.2, 0.25) is 0 Å². The average Bonchev–Trinajstić information content (AvgIpc) is 2.87. The van der Waals surface area contributed by atoms with Crippen molar-refractivity contribution in [1.82, 2.24) is 5.32 Å². The summed E-state index contributed by atoms with van der Waals surface area (Å²) in [5.41, 5.74) is 12.1. The number of rotatable bonds is 9. The van der Waals surface area contributed by atoms with Crippen molar-refractivity contribution in [2.75, 3.05) is 0 Å². The smallest absolute Gasteiger partial charge is 0.408 e. The summed E-state index contributed by atoms with van der Waals surface area (Å²) < 4.78 is 9.76. The van der Waals surface area contributed by atoms with E-state index >= 15 is 0 Å². The van der Waals surface area contributed by atoms with E-state index in [4.69, 9.17) is 36.3 Å². The fourth-order valence-electron chi connectivity index (χ4n) is 2.07. The molecular formula is C25H35N3O9. The lowest BCUT2D eigenvalue weighted by molar-refractivity contribution is -0.146. The Kier molecular flexibility index (Phi) is 16.3. The number of carboxylic acid groups (broad SMARTS) is 2. The first-order valence-corrected chi connectivity index (χ1v) is 11.2. The Morgan fingerprint density at radius 2 is 1.22 bits per heavy atom. The maximum atomic E-state index is 11.1. The van der Waals surface area contributed by atoms with E-state index in [0.29, 0.717) is 6.61 Å². The molecule has 2 rings (SSSR count). The summed E-state index contributed by atoms with van der Waals surface area (Å²) >= 11 is 0. The molecule has 2 aromatic rings. The molecule has 0 saturated heterocycles. The minimum absolute atomic E-state index is 0.124. The number of amides is 1. The van der Waals surface area contributed by atoms with Crippen molar-refractivity contribution < 1.29 is 44.0 Å². The highest BCUT2D eigenvalue weighted by atomic mass is 16.5. The summed E-state index contributed by atoms with van der Waals surface area (Å²) in [6.07, 6.45) is -1.72. The summed E-state index contributed by atoms with van der Waals surface area (Å²) in [6, 6.07) is 16.0. The summed E-state index contributed by atoms with van der Waals surface area (Å²) in [6.45, 7) is 4.72. The number of aliphatic carboxylic acids is 2. The second-order valence-corrected chi connectivity index (χ2v) is 7.75. The number of nitrogens with two attached hydrogens (primary N) is 2. The molecule has 0 aliphatic rings. The Bertz CT molecular complexity index is 954. The number of aliphatic hydroxyl groups is 1. The van der Waals surface area contributed by atoms with Gasteiger partial charge in [-0.3, -0.25) is 14.4 Å². The molecule has 0 unspecified atom stereocenters. The van der Waals surface area contributed by atoms with E-state index in [1.807, 2.05) is 60.7 Å². The first kappa shape index (κ1) is 33.0. The van der Waals surface area contributed by atoms with Gasteiger partial charge in [0, 0.05) is 0 Å². The minimum atomic E-state index is -1.18. The molecule has 37 heavy (non-hydrogen) atoms. The molecule has 0 radical (unpaired) electrons. The van der Waals surface area contributed by atoms with Crippen LogP contribution in [-0.2, 0) is 37.1 Å². The van der Waals surface area contributed by atoms with Gasteiger partial charge < -0.3 is 41.6 Å². The minimum Gasteiger partial charge on any atom is -0.480 e. The molecule has 12 nitrogen and oxygen atoms in total. The Morgan fingerprint density at radius 3 is 1.54 bits per heavy atom. The number of alkyl carbamates (subject to hydrolysis) is 1. The highest BCUT2D eigenvalue weighted by Gasteiger charge is 2.16. The van der Waals surface area contributed by atoms with E-state index in [2.05, 4.69) is 5.32 Å². The van der Waals surface area contributed by atoms with Crippen LogP contribution in [0.3, 0.4) is 0 Å². The number of benzene rings is 2. The molecule has 2 aromatic carbocycles. The number of aliphatic hydroxyl groups excluding tert-OH is 1. The molecule has 0 heterocycles. The third-order valence-electron chi connectivity index (χ3n) is 4.32. The van der Waals surface area contributed by atoms with Gasteiger partial charge >= 0.3 is 24.0 Å². The molecular weight excluding hydrogens is 486 g/mol. The summed E-state index contributed by atoms with van der Waals surface area (Å²) in [5, 5.41) is 27.3. The largest absolute Gasteiger partial charge is 0.480 e. The van der Waals surface area contributed by atoms with Crippen LogP contribution in [0.4, 0.5) is 4.79 Å². The summed E-state index contributed by atoms with van der Waals surface area (Å²) in [7, 11) is 0. The van der Waals surface area contributed by atoms with E-state index in [0.717, 1.165) is 11.1 Å². The fourth-order valence-corrected chi connectivity index (χ4v) is 2.07. The Morgan fingerprint density at radius 1 is 0.784 bits per heavy atom. The van der Waals surface area contributed by atoms with E-state index < -0.39 is 42.3 Å². The monoisotopic (exact) mass is 521 g/mol. The number of esters is 1. The van der Waals surface area contributed by atoms with Crippen LogP contribution in [0.5, 0.6) is 0 Å². The molecule has 204 valence electrons. The molecule has 0 saturated carbocycles. The molecule has 0 aliphatic heterocycles. The van der Waals surface area contributed by atoms with Crippen LogP contribution in [0.25, 0.3) is 0 Å². The molecule has 8 N–H and O–H groups in total. The van der Waals surface area contributed by atoms with Crippen LogP contribution in [0, 0.1) is 0 Å². The van der Waals surface area contributed by atoms with Gasteiger partial charge in [0.15, 0.2) is 0 Å². The Labute approximate surface area is 215 Å². The highest BCUT2D eigenvalue weighted by molar-refractivity contribution is 5.79. The van der Waals surface area contributed by atoms with Gasteiger partial charge in [0.05, 0.1) is 6.10 Å². The van der Waals surface area contributed by atoms with Gasteiger partial charge in [-0.15, -0.1) is 0 Å². The van der Waals surface area contributed by atoms with Crippen molar-refractivity contribution in [3.05, 3.63) is 71.8 Å². The van der Waals surface area contributed by atoms with Crippen LogP contribution in [0.15, 0.2) is 60.7 Å². The third kappa shape index (κ3) is 16.3. The van der Waals surface area contributed by atoms with E-state index in [-0.39, 0.29) is 12.6 Å². The molecule has 0 aliphatic carbocycles. The number of carboxylic acids is 2. The number of nitrogens with one attached hydrogen (secondary N) is 1. The lowest BCUT2D eigenvalue weighted by Crippen LogP contribution is -2.39. The van der Waals surface area contributed by atoms with Crippen LogP contribution in [0.2, 0.25) is 0 Å². The van der Waals surface area contributed by atoms with Crippen molar-refractivity contribution in [1.29, 1.82) is 0 Å².